The van der Waals surface area contributed by atoms with E-state index in [9.17, 15) is 0 Å². The van der Waals surface area contributed by atoms with Crippen LogP contribution in [0.4, 0.5) is 0 Å². The lowest BCUT2D eigenvalue weighted by Gasteiger charge is -1.92. The standard InChI is InChI=1S/C10H16/c1-10-8-6-4-2-3-5-7-9-10/h4,6,9H,2-3,5,7-8H2,1H3. The predicted octanol–water partition coefficient (Wildman–Crippen LogP) is 3.45. The smallest absolute Gasteiger partial charge is 0.0142 e. The zero-order valence-corrected chi connectivity index (χ0v) is 6.77. The maximum Gasteiger partial charge on any atom is -0.0142 e. The Morgan fingerprint density at radius 3 is 2.80 bits per heavy atom. The minimum Gasteiger partial charge on any atom is -0.0882 e. The average molecular weight is 136 g/mol. The van der Waals surface area contributed by atoms with Gasteiger partial charge in [0, 0.05) is 0 Å². The molecular formula is C10H16. The molecule has 1 aliphatic carbocycles. The summed E-state index contributed by atoms with van der Waals surface area (Å²) in [4.78, 5) is 0. The van der Waals surface area contributed by atoms with Gasteiger partial charge in [0.25, 0.3) is 0 Å². The fraction of sp³-hybridized carbons (Fsp3) is 0.600. The van der Waals surface area contributed by atoms with Gasteiger partial charge in [-0.3, -0.25) is 0 Å². The van der Waals surface area contributed by atoms with Crippen molar-refractivity contribution >= 4 is 0 Å². The molecule has 10 heavy (non-hydrogen) atoms. The quantitative estimate of drug-likeness (QED) is 0.447. The second kappa shape index (κ2) is 4.32. The fourth-order valence-corrected chi connectivity index (χ4v) is 1.23. The van der Waals surface area contributed by atoms with Crippen LogP contribution in [0.3, 0.4) is 0 Å². The Bertz CT molecular complexity index is 140. The molecule has 0 heteroatoms. The lowest BCUT2D eigenvalue weighted by molar-refractivity contribution is 0.762. The maximum atomic E-state index is 2.37. The Morgan fingerprint density at radius 2 is 1.90 bits per heavy atom. The summed E-state index contributed by atoms with van der Waals surface area (Å²) >= 11 is 0. The Labute approximate surface area is 63.6 Å². The number of hydrogen-bond acceptors (Lipinski definition) is 0. The van der Waals surface area contributed by atoms with E-state index in [4.69, 9.17) is 0 Å². The van der Waals surface area contributed by atoms with Gasteiger partial charge >= 0.3 is 0 Å². The number of hydrogen-bond donors (Lipinski definition) is 0. The van der Waals surface area contributed by atoms with E-state index in [0.29, 0.717) is 0 Å². The second-order valence-corrected chi connectivity index (χ2v) is 3.01. The highest BCUT2D eigenvalue weighted by Gasteiger charge is 1.90. The largest absolute Gasteiger partial charge is 0.0882 e. The molecule has 0 radical (unpaired) electrons. The summed E-state index contributed by atoms with van der Waals surface area (Å²) in [6, 6.07) is 0. The molecule has 1 rings (SSSR count). The van der Waals surface area contributed by atoms with Crippen molar-refractivity contribution in [2.75, 3.05) is 0 Å². The van der Waals surface area contributed by atoms with Crippen molar-refractivity contribution in [3.8, 4) is 0 Å². The van der Waals surface area contributed by atoms with Crippen LogP contribution in [0.15, 0.2) is 23.8 Å². The van der Waals surface area contributed by atoms with Crippen molar-refractivity contribution in [2.24, 2.45) is 0 Å². The molecular weight excluding hydrogens is 120 g/mol. The molecule has 0 aromatic carbocycles. The maximum absolute atomic E-state index is 2.37. The molecule has 0 heterocycles. The van der Waals surface area contributed by atoms with Crippen LogP contribution in [-0.4, -0.2) is 0 Å². The summed E-state index contributed by atoms with van der Waals surface area (Å²) in [5, 5.41) is 0. The number of rotatable bonds is 0. The molecule has 0 fully saturated rings. The highest BCUT2D eigenvalue weighted by atomic mass is 14.0. The van der Waals surface area contributed by atoms with Gasteiger partial charge in [-0.05, 0) is 39.0 Å². The second-order valence-electron chi connectivity index (χ2n) is 3.01. The molecule has 56 valence electrons. The normalized spacial score (nSPS) is 20.7. The van der Waals surface area contributed by atoms with Crippen LogP contribution in [0.1, 0.15) is 39.0 Å². The van der Waals surface area contributed by atoms with Crippen LogP contribution in [0.2, 0.25) is 0 Å². The van der Waals surface area contributed by atoms with E-state index in [-0.39, 0.29) is 0 Å². The Kier molecular flexibility index (Phi) is 3.28. The summed E-state index contributed by atoms with van der Waals surface area (Å²) in [6.45, 7) is 2.22. The van der Waals surface area contributed by atoms with Crippen LogP contribution in [0, 0.1) is 0 Å². The zero-order chi connectivity index (χ0) is 7.23. The molecule has 0 aromatic rings. The van der Waals surface area contributed by atoms with Gasteiger partial charge in [0.1, 0.15) is 0 Å². The van der Waals surface area contributed by atoms with Gasteiger partial charge in [0.05, 0.1) is 0 Å². The summed E-state index contributed by atoms with van der Waals surface area (Å²) < 4.78 is 0. The van der Waals surface area contributed by atoms with Gasteiger partial charge in [0.15, 0.2) is 0 Å². The SMILES string of the molecule is CC1=CCCCCC=CC1. The summed E-state index contributed by atoms with van der Waals surface area (Å²) in [5.74, 6) is 0. The highest BCUT2D eigenvalue weighted by molar-refractivity contribution is 5.05. The molecule has 0 atom stereocenters. The van der Waals surface area contributed by atoms with E-state index < -0.39 is 0 Å². The summed E-state index contributed by atoms with van der Waals surface area (Å²) in [6.07, 6.45) is 13.4. The molecule has 1 aliphatic rings. The Hall–Kier alpha value is -0.520. The topological polar surface area (TPSA) is 0 Å². The lowest BCUT2D eigenvalue weighted by Crippen LogP contribution is -1.72. The first-order valence-electron chi connectivity index (χ1n) is 4.20. The van der Waals surface area contributed by atoms with E-state index in [0.717, 1.165) is 0 Å². The van der Waals surface area contributed by atoms with E-state index in [1.807, 2.05) is 0 Å². The molecule has 0 aromatic heterocycles. The van der Waals surface area contributed by atoms with E-state index in [2.05, 4.69) is 25.2 Å². The van der Waals surface area contributed by atoms with Gasteiger partial charge in [-0.15, -0.1) is 0 Å². The molecule has 0 saturated heterocycles. The average Bonchev–Trinajstić information content (AvgIpc) is 2.02. The van der Waals surface area contributed by atoms with Crippen LogP contribution in [-0.2, 0) is 0 Å². The van der Waals surface area contributed by atoms with Gasteiger partial charge in [-0.25, -0.2) is 0 Å². The third-order valence-corrected chi connectivity index (χ3v) is 1.92. The van der Waals surface area contributed by atoms with Crippen LogP contribution in [0.5, 0.6) is 0 Å². The molecule has 0 aliphatic heterocycles. The fourth-order valence-electron chi connectivity index (χ4n) is 1.23. The summed E-state index contributed by atoms with van der Waals surface area (Å²) in [7, 11) is 0. The first kappa shape index (κ1) is 7.59. The first-order valence-corrected chi connectivity index (χ1v) is 4.20. The van der Waals surface area contributed by atoms with Gasteiger partial charge in [-0.1, -0.05) is 23.8 Å². The molecule has 0 amide bonds. The third kappa shape index (κ3) is 2.86. The Balaban J connectivity index is 2.42. The first-order chi connectivity index (χ1) is 4.89. The van der Waals surface area contributed by atoms with Crippen LogP contribution >= 0.6 is 0 Å². The van der Waals surface area contributed by atoms with Gasteiger partial charge in [0.2, 0.25) is 0 Å². The highest BCUT2D eigenvalue weighted by Crippen LogP contribution is 2.10. The monoisotopic (exact) mass is 136 g/mol. The molecule has 0 N–H and O–H groups in total. The van der Waals surface area contributed by atoms with Crippen LogP contribution < -0.4 is 0 Å². The van der Waals surface area contributed by atoms with Crippen LogP contribution in [0.25, 0.3) is 0 Å². The molecule has 0 saturated carbocycles. The van der Waals surface area contributed by atoms with Crippen molar-refractivity contribution in [3.05, 3.63) is 23.8 Å². The van der Waals surface area contributed by atoms with Crippen molar-refractivity contribution < 1.29 is 0 Å². The van der Waals surface area contributed by atoms with Crippen molar-refractivity contribution in [1.29, 1.82) is 0 Å². The van der Waals surface area contributed by atoms with Gasteiger partial charge in [-0.2, -0.15) is 0 Å². The zero-order valence-electron chi connectivity index (χ0n) is 6.77. The Morgan fingerprint density at radius 1 is 1.10 bits per heavy atom. The molecule has 0 nitrogen and oxygen atoms in total. The number of allylic oxidation sites excluding steroid dienone is 4. The summed E-state index contributed by atoms with van der Waals surface area (Å²) in [5.41, 5.74) is 1.53. The van der Waals surface area contributed by atoms with E-state index in [1.54, 1.807) is 0 Å². The minimum absolute atomic E-state index is 1.17. The third-order valence-electron chi connectivity index (χ3n) is 1.92. The van der Waals surface area contributed by atoms with E-state index >= 15 is 0 Å². The molecule has 0 spiro atoms. The van der Waals surface area contributed by atoms with Crippen molar-refractivity contribution in [2.45, 2.75) is 39.0 Å². The van der Waals surface area contributed by atoms with Crippen molar-refractivity contribution in [3.63, 3.8) is 0 Å². The predicted molar refractivity (Wildman–Crippen MR) is 46.0 cm³/mol. The van der Waals surface area contributed by atoms with Crippen molar-refractivity contribution in [1.82, 2.24) is 0 Å². The lowest BCUT2D eigenvalue weighted by atomic mass is 10.1. The molecule has 0 unspecified atom stereocenters. The molecule has 0 bridgehead atoms. The minimum atomic E-state index is 1.17. The van der Waals surface area contributed by atoms with E-state index in [1.165, 1.54) is 37.7 Å². The van der Waals surface area contributed by atoms with Gasteiger partial charge < -0.3 is 0 Å².